The van der Waals surface area contributed by atoms with Crippen LogP contribution in [0, 0.1) is 5.41 Å². The van der Waals surface area contributed by atoms with E-state index < -0.39 is 5.41 Å². The highest BCUT2D eigenvalue weighted by Crippen LogP contribution is 2.31. The van der Waals surface area contributed by atoms with Crippen LogP contribution in [0.4, 0.5) is 0 Å². The first-order valence-electron chi connectivity index (χ1n) is 8.88. The number of carbonyl (C=O) groups is 1. The summed E-state index contributed by atoms with van der Waals surface area (Å²) in [4.78, 5) is 15.7. The van der Waals surface area contributed by atoms with Gasteiger partial charge in [-0.2, -0.15) is 0 Å². The van der Waals surface area contributed by atoms with Crippen LogP contribution in [-0.2, 0) is 4.79 Å². The minimum absolute atomic E-state index is 0.0517. The smallest absolute Gasteiger partial charge is 0.225 e. The highest BCUT2D eigenvalue weighted by molar-refractivity contribution is 5.85. The Balaban J connectivity index is 1.96. The van der Waals surface area contributed by atoms with Crippen molar-refractivity contribution in [2.24, 2.45) is 5.41 Å². The number of fused-ring (bicyclic) bond motifs is 1. The number of rotatable bonds is 5. The molecule has 0 fully saturated rings. The summed E-state index contributed by atoms with van der Waals surface area (Å²) in [5.41, 5.74) is 3.01. The third-order valence-electron chi connectivity index (χ3n) is 4.66. The zero-order chi connectivity index (χ0) is 18.7. The second kappa shape index (κ2) is 7.24. The first-order valence-corrected chi connectivity index (χ1v) is 8.88. The van der Waals surface area contributed by atoms with Crippen molar-refractivity contribution in [2.45, 2.75) is 26.7 Å². The lowest BCUT2D eigenvalue weighted by molar-refractivity contribution is -0.128. The molecule has 0 saturated carbocycles. The van der Waals surface area contributed by atoms with Crippen LogP contribution in [0.25, 0.3) is 10.9 Å². The fourth-order valence-corrected chi connectivity index (χ4v) is 3.09. The fraction of sp³-hybridized carbons (Fsp3) is 0.318. The molecule has 0 saturated heterocycles. The van der Waals surface area contributed by atoms with Gasteiger partial charge in [-0.15, -0.1) is 0 Å². The second-order valence-corrected chi connectivity index (χ2v) is 7.58. The van der Waals surface area contributed by atoms with E-state index in [1.54, 1.807) is 7.11 Å². The van der Waals surface area contributed by atoms with Crippen molar-refractivity contribution >= 4 is 16.8 Å². The van der Waals surface area contributed by atoms with Gasteiger partial charge in [0.2, 0.25) is 5.91 Å². The van der Waals surface area contributed by atoms with Crippen molar-refractivity contribution < 1.29 is 9.53 Å². The molecule has 3 aromatic rings. The van der Waals surface area contributed by atoms with Crippen molar-refractivity contribution in [1.82, 2.24) is 10.3 Å². The van der Waals surface area contributed by atoms with E-state index in [0.29, 0.717) is 6.54 Å². The number of H-pyrrole nitrogens is 1. The molecule has 1 atom stereocenters. The van der Waals surface area contributed by atoms with Crippen molar-refractivity contribution in [3.05, 3.63) is 65.9 Å². The number of aromatic nitrogens is 1. The van der Waals surface area contributed by atoms with Gasteiger partial charge in [-0.05, 0) is 29.3 Å². The predicted molar refractivity (Wildman–Crippen MR) is 106 cm³/mol. The Bertz CT molecular complexity index is 888. The van der Waals surface area contributed by atoms with Crippen molar-refractivity contribution in [2.75, 3.05) is 13.7 Å². The molecular formula is C22H26N2O2. The summed E-state index contributed by atoms with van der Waals surface area (Å²) in [6.07, 6.45) is 2.04. The Morgan fingerprint density at radius 1 is 1.12 bits per heavy atom. The Morgan fingerprint density at radius 2 is 1.81 bits per heavy atom. The number of carbonyl (C=O) groups excluding carboxylic acids is 1. The van der Waals surface area contributed by atoms with Gasteiger partial charge in [-0.1, -0.05) is 51.1 Å². The van der Waals surface area contributed by atoms with Gasteiger partial charge in [0.05, 0.1) is 7.11 Å². The number of ether oxygens (including phenoxy) is 1. The molecule has 1 aromatic heterocycles. The molecule has 136 valence electrons. The van der Waals surface area contributed by atoms with E-state index in [0.717, 1.165) is 16.8 Å². The molecule has 4 heteroatoms. The number of nitrogens with one attached hydrogen (secondary N) is 2. The van der Waals surface area contributed by atoms with Crippen LogP contribution in [0.1, 0.15) is 37.8 Å². The number of hydrogen-bond donors (Lipinski definition) is 2. The van der Waals surface area contributed by atoms with Crippen LogP contribution < -0.4 is 10.1 Å². The molecule has 0 radical (unpaired) electrons. The molecule has 0 unspecified atom stereocenters. The summed E-state index contributed by atoms with van der Waals surface area (Å²) in [6.45, 7) is 6.33. The number of benzene rings is 2. The Kier molecular flexibility index (Phi) is 5.03. The van der Waals surface area contributed by atoms with E-state index in [2.05, 4.69) is 34.6 Å². The van der Waals surface area contributed by atoms with Gasteiger partial charge in [0, 0.05) is 35.0 Å². The van der Waals surface area contributed by atoms with Crippen molar-refractivity contribution in [3.63, 3.8) is 0 Å². The molecule has 2 aromatic carbocycles. The van der Waals surface area contributed by atoms with Gasteiger partial charge in [-0.3, -0.25) is 4.79 Å². The maximum atomic E-state index is 12.4. The number of methoxy groups -OCH3 is 1. The molecule has 0 spiro atoms. The molecule has 3 rings (SSSR count). The molecular weight excluding hydrogens is 324 g/mol. The van der Waals surface area contributed by atoms with Crippen molar-refractivity contribution in [1.29, 1.82) is 0 Å². The summed E-state index contributed by atoms with van der Waals surface area (Å²) in [6, 6.07) is 16.3. The molecule has 4 nitrogen and oxygen atoms in total. The highest BCUT2D eigenvalue weighted by Gasteiger charge is 2.24. The maximum Gasteiger partial charge on any atom is 0.225 e. The molecule has 26 heavy (non-hydrogen) atoms. The standard InChI is InChI=1S/C22H26N2O2/c1-22(2,3)21(25)24-13-18(15-9-11-16(26-4)12-10-15)19-14-23-20-8-6-5-7-17(19)20/h5-12,14,18,23H,13H2,1-4H3,(H,24,25)/t18-/m1/s1. The normalized spacial score (nSPS) is 12.8. The molecule has 0 aliphatic rings. The quantitative estimate of drug-likeness (QED) is 0.713. The molecule has 1 amide bonds. The number of amides is 1. The molecule has 0 aliphatic heterocycles. The summed E-state index contributed by atoms with van der Waals surface area (Å²) in [5, 5.41) is 4.30. The van der Waals surface area contributed by atoms with Gasteiger partial charge in [0.25, 0.3) is 0 Å². The molecule has 0 aliphatic carbocycles. The lowest BCUT2D eigenvalue weighted by atomic mass is 9.89. The SMILES string of the molecule is COc1ccc([C@@H](CNC(=O)C(C)(C)C)c2c[nH]c3ccccc23)cc1. The highest BCUT2D eigenvalue weighted by atomic mass is 16.5. The van der Waals surface area contributed by atoms with Gasteiger partial charge < -0.3 is 15.0 Å². The first-order chi connectivity index (χ1) is 12.4. The predicted octanol–water partition coefficient (Wildman–Crippen LogP) is 4.47. The largest absolute Gasteiger partial charge is 0.497 e. The number of hydrogen-bond acceptors (Lipinski definition) is 2. The summed E-state index contributed by atoms with van der Waals surface area (Å²) in [5.74, 6) is 0.935. The Hall–Kier alpha value is -2.75. The first kappa shape index (κ1) is 18.1. The lowest BCUT2D eigenvalue weighted by Crippen LogP contribution is -2.37. The fourth-order valence-electron chi connectivity index (χ4n) is 3.09. The van der Waals surface area contributed by atoms with Gasteiger partial charge in [0.1, 0.15) is 5.75 Å². The topological polar surface area (TPSA) is 54.1 Å². The Morgan fingerprint density at radius 3 is 2.46 bits per heavy atom. The van der Waals surface area contributed by atoms with E-state index in [1.165, 1.54) is 10.9 Å². The lowest BCUT2D eigenvalue weighted by Gasteiger charge is -2.22. The van der Waals surface area contributed by atoms with Gasteiger partial charge in [0.15, 0.2) is 0 Å². The van der Waals surface area contributed by atoms with Gasteiger partial charge in [-0.25, -0.2) is 0 Å². The van der Waals surface area contributed by atoms with E-state index in [4.69, 9.17) is 4.74 Å². The number of aromatic amines is 1. The average Bonchev–Trinajstić information content (AvgIpc) is 3.05. The third-order valence-corrected chi connectivity index (χ3v) is 4.66. The Labute approximate surface area is 154 Å². The summed E-state index contributed by atoms with van der Waals surface area (Å²) < 4.78 is 5.28. The average molecular weight is 350 g/mol. The van der Waals surface area contributed by atoms with Crippen LogP contribution >= 0.6 is 0 Å². The van der Waals surface area contributed by atoms with E-state index in [1.807, 2.05) is 51.2 Å². The minimum atomic E-state index is -0.412. The van der Waals surface area contributed by atoms with Crippen LogP contribution in [0.3, 0.4) is 0 Å². The van der Waals surface area contributed by atoms with Crippen LogP contribution in [0.5, 0.6) is 5.75 Å². The monoisotopic (exact) mass is 350 g/mol. The summed E-state index contributed by atoms with van der Waals surface area (Å²) >= 11 is 0. The summed E-state index contributed by atoms with van der Waals surface area (Å²) in [7, 11) is 1.66. The maximum absolute atomic E-state index is 12.4. The van der Waals surface area contributed by atoms with E-state index in [-0.39, 0.29) is 11.8 Å². The molecule has 2 N–H and O–H groups in total. The zero-order valence-corrected chi connectivity index (χ0v) is 15.8. The van der Waals surface area contributed by atoms with Crippen LogP contribution in [0.2, 0.25) is 0 Å². The minimum Gasteiger partial charge on any atom is -0.497 e. The second-order valence-electron chi connectivity index (χ2n) is 7.58. The van der Waals surface area contributed by atoms with Crippen molar-refractivity contribution in [3.8, 4) is 5.75 Å². The molecule has 1 heterocycles. The van der Waals surface area contributed by atoms with Crippen LogP contribution in [-0.4, -0.2) is 24.5 Å². The van der Waals surface area contributed by atoms with Crippen LogP contribution in [0.15, 0.2) is 54.7 Å². The third kappa shape index (κ3) is 3.74. The van der Waals surface area contributed by atoms with E-state index in [9.17, 15) is 4.79 Å². The van der Waals surface area contributed by atoms with Gasteiger partial charge >= 0.3 is 0 Å². The molecule has 0 bridgehead atoms. The van der Waals surface area contributed by atoms with E-state index >= 15 is 0 Å². The number of para-hydroxylation sites is 1. The zero-order valence-electron chi connectivity index (χ0n) is 15.8.